The van der Waals surface area contributed by atoms with Gasteiger partial charge in [-0.3, -0.25) is 9.69 Å². The molecule has 1 saturated heterocycles. The number of nitrogens with two attached hydrogens (primary N) is 1. The molecule has 1 atom stereocenters. The Labute approximate surface area is 86.0 Å². The van der Waals surface area contributed by atoms with E-state index in [0.717, 1.165) is 26.2 Å². The zero-order valence-electron chi connectivity index (χ0n) is 9.20. The van der Waals surface area contributed by atoms with Crippen LogP contribution in [0.15, 0.2) is 0 Å². The standard InChI is InChI=1S/C10H21N3O/c1-3-12-4-5-13(10(14)8-12)7-9(2)6-11/h9H,3-8,11H2,1-2H3. The predicted octanol–water partition coefficient (Wildman–Crippen LogP) is -0.255. The number of piperazine rings is 1. The number of carbonyl (C=O) groups is 1. The molecule has 1 aliphatic heterocycles. The van der Waals surface area contributed by atoms with E-state index in [0.29, 0.717) is 19.0 Å². The van der Waals surface area contributed by atoms with E-state index in [1.54, 1.807) is 0 Å². The second-order valence-corrected chi connectivity index (χ2v) is 4.05. The molecule has 0 radical (unpaired) electrons. The van der Waals surface area contributed by atoms with Crippen molar-refractivity contribution >= 4 is 5.91 Å². The highest BCUT2D eigenvalue weighted by Gasteiger charge is 2.23. The molecule has 82 valence electrons. The van der Waals surface area contributed by atoms with Gasteiger partial charge in [-0.05, 0) is 19.0 Å². The molecule has 1 rings (SSSR count). The van der Waals surface area contributed by atoms with Crippen molar-refractivity contribution in [2.45, 2.75) is 13.8 Å². The SMILES string of the molecule is CCN1CCN(CC(C)CN)C(=O)C1. The summed E-state index contributed by atoms with van der Waals surface area (Å²) in [5.74, 6) is 0.658. The second-order valence-electron chi connectivity index (χ2n) is 4.05. The normalized spacial score (nSPS) is 21.4. The van der Waals surface area contributed by atoms with Crippen LogP contribution in [0.3, 0.4) is 0 Å². The number of nitrogens with zero attached hydrogens (tertiary/aromatic N) is 2. The molecule has 0 aliphatic carbocycles. The molecular formula is C10H21N3O. The molecule has 1 aliphatic rings. The fourth-order valence-electron chi connectivity index (χ4n) is 1.67. The largest absolute Gasteiger partial charge is 0.340 e. The Hall–Kier alpha value is -0.610. The summed E-state index contributed by atoms with van der Waals surface area (Å²) < 4.78 is 0. The Morgan fingerprint density at radius 1 is 1.50 bits per heavy atom. The maximum atomic E-state index is 11.7. The molecule has 0 spiro atoms. The average Bonchev–Trinajstić information content (AvgIpc) is 2.20. The number of hydrogen-bond donors (Lipinski definition) is 1. The van der Waals surface area contributed by atoms with Crippen LogP contribution < -0.4 is 5.73 Å². The van der Waals surface area contributed by atoms with E-state index in [1.165, 1.54) is 0 Å². The minimum atomic E-state index is 0.249. The van der Waals surface area contributed by atoms with Crippen molar-refractivity contribution in [1.82, 2.24) is 9.80 Å². The molecule has 1 amide bonds. The van der Waals surface area contributed by atoms with Crippen molar-refractivity contribution in [3.63, 3.8) is 0 Å². The lowest BCUT2D eigenvalue weighted by molar-refractivity contribution is -0.136. The van der Waals surface area contributed by atoms with Crippen LogP contribution in [-0.4, -0.2) is 55.0 Å². The minimum absolute atomic E-state index is 0.249. The second kappa shape index (κ2) is 5.32. The van der Waals surface area contributed by atoms with Crippen molar-refractivity contribution in [3.05, 3.63) is 0 Å². The highest BCUT2D eigenvalue weighted by molar-refractivity contribution is 5.79. The summed E-state index contributed by atoms with van der Waals surface area (Å²) in [4.78, 5) is 15.8. The smallest absolute Gasteiger partial charge is 0.236 e. The van der Waals surface area contributed by atoms with Crippen LogP contribution in [0, 0.1) is 5.92 Å². The van der Waals surface area contributed by atoms with E-state index < -0.39 is 0 Å². The fourth-order valence-corrected chi connectivity index (χ4v) is 1.67. The van der Waals surface area contributed by atoms with Gasteiger partial charge >= 0.3 is 0 Å². The van der Waals surface area contributed by atoms with Crippen molar-refractivity contribution in [1.29, 1.82) is 0 Å². The summed E-state index contributed by atoms with van der Waals surface area (Å²) in [7, 11) is 0. The van der Waals surface area contributed by atoms with Crippen molar-refractivity contribution < 1.29 is 4.79 Å². The van der Waals surface area contributed by atoms with Crippen molar-refractivity contribution in [2.75, 3.05) is 39.3 Å². The fraction of sp³-hybridized carbons (Fsp3) is 0.900. The first kappa shape index (κ1) is 11.5. The van der Waals surface area contributed by atoms with E-state index in [2.05, 4.69) is 18.7 Å². The van der Waals surface area contributed by atoms with Crippen molar-refractivity contribution in [3.8, 4) is 0 Å². The van der Waals surface area contributed by atoms with Gasteiger partial charge in [0.2, 0.25) is 5.91 Å². The Bertz CT molecular complexity index is 196. The molecule has 0 aromatic carbocycles. The zero-order chi connectivity index (χ0) is 10.6. The Balaban J connectivity index is 2.38. The Morgan fingerprint density at radius 3 is 2.71 bits per heavy atom. The minimum Gasteiger partial charge on any atom is -0.340 e. The lowest BCUT2D eigenvalue weighted by Gasteiger charge is -2.34. The lowest BCUT2D eigenvalue weighted by Crippen LogP contribution is -2.51. The van der Waals surface area contributed by atoms with E-state index in [-0.39, 0.29) is 5.91 Å². The molecule has 4 heteroatoms. The number of rotatable bonds is 4. The van der Waals surface area contributed by atoms with Crippen LogP contribution in [-0.2, 0) is 4.79 Å². The molecule has 2 N–H and O–H groups in total. The topological polar surface area (TPSA) is 49.6 Å². The molecule has 0 aromatic rings. The summed E-state index contributed by atoms with van der Waals surface area (Å²) in [6.07, 6.45) is 0. The van der Waals surface area contributed by atoms with Crippen molar-refractivity contribution in [2.24, 2.45) is 11.7 Å². The summed E-state index contributed by atoms with van der Waals surface area (Å²) in [6.45, 7) is 9.04. The van der Waals surface area contributed by atoms with Crippen LogP contribution in [0.25, 0.3) is 0 Å². The third kappa shape index (κ3) is 2.96. The van der Waals surface area contributed by atoms with Crippen LogP contribution in [0.1, 0.15) is 13.8 Å². The maximum Gasteiger partial charge on any atom is 0.236 e. The van der Waals surface area contributed by atoms with Gasteiger partial charge < -0.3 is 10.6 Å². The third-order valence-electron chi connectivity index (χ3n) is 2.78. The van der Waals surface area contributed by atoms with Gasteiger partial charge in [0.1, 0.15) is 0 Å². The van der Waals surface area contributed by atoms with Crippen LogP contribution >= 0.6 is 0 Å². The summed E-state index contributed by atoms with van der Waals surface area (Å²) in [5, 5.41) is 0. The quantitative estimate of drug-likeness (QED) is 0.679. The maximum absolute atomic E-state index is 11.7. The highest BCUT2D eigenvalue weighted by atomic mass is 16.2. The number of amides is 1. The van der Waals surface area contributed by atoms with E-state index >= 15 is 0 Å². The summed E-state index contributed by atoms with van der Waals surface area (Å²) in [6, 6.07) is 0. The Morgan fingerprint density at radius 2 is 2.21 bits per heavy atom. The van der Waals surface area contributed by atoms with E-state index in [4.69, 9.17) is 5.73 Å². The van der Waals surface area contributed by atoms with Gasteiger partial charge in [-0.15, -0.1) is 0 Å². The van der Waals surface area contributed by atoms with Gasteiger partial charge in [0.05, 0.1) is 6.54 Å². The molecule has 1 unspecified atom stereocenters. The van der Waals surface area contributed by atoms with E-state index in [9.17, 15) is 4.79 Å². The highest BCUT2D eigenvalue weighted by Crippen LogP contribution is 2.05. The molecular weight excluding hydrogens is 178 g/mol. The number of likely N-dealkylation sites (N-methyl/N-ethyl adjacent to an activating group) is 1. The van der Waals surface area contributed by atoms with Gasteiger partial charge in [-0.25, -0.2) is 0 Å². The molecule has 0 saturated carbocycles. The first-order chi connectivity index (χ1) is 6.67. The third-order valence-corrected chi connectivity index (χ3v) is 2.78. The van der Waals surface area contributed by atoms with Gasteiger partial charge in [-0.1, -0.05) is 13.8 Å². The lowest BCUT2D eigenvalue weighted by atomic mass is 10.1. The predicted molar refractivity (Wildman–Crippen MR) is 56.9 cm³/mol. The molecule has 1 fully saturated rings. The van der Waals surface area contributed by atoms with Gasteiger partial charge in [0.25, 0.3) is 0 Å². The monoisotopic (exact) mass is 199 g/mol. The molecule has 1 heterocycles. The summed E-state index contributed by atoms with van der Waals surface area (Å²) in [5.41, 5.74) is 5.54. The molecule has 14 heavy (non-hydrogen) atoms. The van der Waals surface area contributed by atoms with Gasteiger partial charge in [-0.2, -0.15) is 0 Å². The number of hydrogen-bond acceptors (Lipinski definition) is 3. The zero-order valence-corrected chi connectivity index (χ0v) is 9.20. The molecule has 0 aromatic heterocycles. The van der Waals surface area contributed by atoms with Crippen LogP contribution in [0.4, 0.5) is 0 Å². The van der Waals surface area contributed by atoms with Gasteiger partial charge in [0.15, 0.2) is 0 Å². The molecule has 0 bridgehead atoms. The van der Waals surface area contributed by atoms with E-state index in [1.807, 2.05) is 4.90 Å². The first-order valence-corrected chi connectivity index (χ1v) is 5.37. The van der Waals surface area contributed by atoms with Gasteiger partial charge in [0, 0.05) is 19.6 Å². The van der Waals surface area contributed by atoms with Crippen LogP contribution in [0.5, 0.6) is 0 Å². The Kier molecular flexibility index (Phi) is 4.35. The summed E-state index contributed by atoms with van der Waals surface area (Å²) >= 11 is 0. The number of carbonyl (C=O) groups excluding carboxylic acids is 1. The molecule has 4 nitrogen and oxygen atoms in total. The first-order valence-electron chi connectivity index (χ1n) is 5.37. The average molecular weight is 199 g/mol. The van der Waals surface area contributed by atoms with Crippen LogP contribution in [0.2, 0.25) is 0 Å².